The number of hydrogen-bond acceptors (Lipinski definition) is 2. The summed E-state index contributed by atoms with van der Waals surface area (Å²) in [5, 5.41) is 7.73. The zero-order valence-electron chi connectivity index (χ0n) is 15.1. The van der Waals surface area contributed by atoms with E-state index in [1.165, 1.54) is 29.5 Å². The van der Waals surface area contributed by atoms with E-state index >= 15 is 0 Å². The second-order valence-electron chi connectivity index (χ2n) is 7.03. The van der Waals surface area contributed by atoms with Gasteiger partial charge in [0.15, 0.2) is 0 Å². The van der Waals surface area contributed by atoms with Crippen molar-refractivity contribution in [2.24, 2.45) is 0 Å². The summed E-state index contributed by atoms with van der Waals surface area (Å²) < 4.78 is 0. The van der Waals surface area contributed by atoms with Crippen molar-refractivity contribution < 1.29 is 0 Å². The Kier molecular flexibility index (Phi) is 5.14. The van der Waals surface area contributed by atoms with Crippen LogP contribution in [0, 0.1) is 0 Å². The lowest BCUT2D eigenvalue weighted by molar-refractivity contribution is 0.302. The first kappa shape index (κ1) is 17.0. The van der Waals surface area contributed by atoms with Gasteiger partial charge in [-0.25, -0.2) is 0 Å². The molecule has 4 rings (SSSR count). The van der Waals surface area contributed by atoms with Gasteiger partial charge in [0.1, 0.15) is 0 Å². The summed E-state index contributed by atoms with van der Waals surface area (Å²) in [6.07, 6.45) is 2.39. The Morgan fingerprint density at radius 3 is 1.81 bits per heavy atom. The van der Waals surface area contributed by atoms with E-state index in [0.29, 0.717) is 6.04 Å². The Labute approximate surface area is 156 Å². The molecule has 26 heavy (non-hydrogen) atoms. The van der Waals surface area contributed by atoms with Crippen LogP contribution in [0.15, 0.2) is 91.0 Å². The zero-order chi connectivity index (χ0) is 17.7. The Hall–Kier alpha value is -2.42. The first-order valence-corrected chi connectivity index (χ1v) is 9.53. The second kappa shape index (κ2) is 7.86. The monoisotopic (exact) mass is 342 g/mol. The van der Waals surface area contributed by atoms with Gasteiger partial charge in [-0.15, -0.1) is 0 Å². The molecule has 1 saturated heterocycles. The third-order valence-corrected chi connectivity index (χ3v) is 5.46. The fraction of sp³-hybridized carbons (Fsp3) is 0.250. The highest BCUT2D eigenvalue weighted by atomic mass is 15.1. The van der Waals surface area contributed by atoms with Crippen LogP contribution in [-0.4, -0.2) is 12.6 Å². The third kappa shape index (κ3) is 3.31. The molecule has 0 radical (unpaired) electrons. The van der Waals surface area contributed by atoms with Crippen molar-refractivity contribution in [2.75, 3.05) is 6.54 Å². The molecule has 0 saturated carbocycles. The number of hydrogen-bond donors (Lipinski definition) is 2. The zero-order valence-corrected chi connectivity index (χ0v) is 15.1. The van der Waals surface area contributed by atoms with Crippen LogP contribution >= 0.6 is 0 Å². The van der Waals surface area contributed by atoms with Crippen molar-refractivity contribution in [3.05, 3.63) is 108 Å². The van der Waals surface area contributed by atoms with E-state index in [0.717, 1.165) is 13.1 Å². The molecule has 1 fully saturated rings. The lowest BCUT2D eigenvalue weighted by Gasteiger charge is -2.41. The van der Waals surface area contributed by atoms with E-state index in [-0.39, 0.29) is 5.54 Å². The summed E-state index contributed by atoms with van der Waals surface area (Å²) in [6, 6.07) is 32.8. The van der Waals surface area contributed by atoms with E-state index < -0.39 is 0 Å². The normalized spacial score (nSPS) is 17.3. The Morgan fingerprint density at radius 2 is 1.31 bits per heavy atom. The number of rotatable bonds is 6. The van der Waals surface area contributed by atoms with Crippen LogP contribution in [0.4, 0.5) is 0 Å². The summed E-state index contributed by atoms with van der Waals surface area (Å²) in [5.74, 6) is 0. The van der Waals surface area contributed by atoms with Crippen molar-refractivity contribution >= 4 is 0 Å². The smallest absolute Gasteiger partial charge is 0.0848 e. The van der Waals surface area contributed by atoms with E-state index in [2.05, 4.69) is 102 Å². The summed E-state index contributed by atoms with van der Waals surface area (Å²) in [4.78, 5) is 0. The van der Waals surface area contributed by atoms with Crippen LogP contribution in [0.3, 0.4) is 0 Å². The molecular formula is C24H26N2. The summed E-state index contributed by atoms with van der Waals surface area (Å²) in [7, 11) is 0. The standard InChI is InChI=1S/C24H26N2/c1-4-11-20(12-5-1)19-26-24(23-17-10-18-25-23,21-13-6-2-7-14-21)22-15-8-3-9-16-22/h1-9,11-16,23,25-26H,10,17-19H2/t23-/m0/s1. The molecule has 0 aromatic heterocycles. The third-order valence-electron chi connectivity index (χ3n) is 5.46. The number of benzene rings is 3. The van der Waals surface area contributed by atoms with E-state index in [9.17, 15) is 0 Å². The maximum absolute atomic E-state index is 3.96. The van der Waals surface area contributed by atoms with Gasteiger partial charge in [-0.3, -0.25) is 5.32 Å². The first-order chi connectivity index (χ1) is 12.9. The predicted molar refractivity (Wildman–Crippen MR) is 108 cm³/mol. The molecule has 1 aliphatic rings. The van der Waals surface area contributed by atoms with Gasteiger partial charge in [0.2, 0.25) is 0 Å². The van der Waals surface area contributed by atoms with Gasteiger partial charge in [-0.05, 0) is 36.1 Å². The molecular weight excluding hydrogens is 316 g/mol. The van der Waals surface area contributed by atoms with Crippen LogP contribution in [0.1, 0.15) is 29.5 Å². The van der Waals surface area contributed by atoms with Crippen molar-refractivity contribution in [3.63, 3.8) is 0 Å². The quantitative estimate of drug-likeness (QED) is 0.690. The Bertz CT molecular complexity index is 754. The summed E-state index contributed by atoms with van der Waals surface area (Å²) >= 11 is 0. The molecule has 0 bridgehead atoms. The molecule has 1 atom stereocenters. The largest absolute Gasteiger partial charge is 0.311 e. The highest BCUT2D eigenvalue weighted by molar-refractivity contribution is 5.41. The molecule has 0 aliphatic carbocycles. The molecule has 0 amide bonds. The average molecular weight is 342 g/mol. The van der Waals surface area contributed by atoms with Crippen LogP contribution in [0.2, 0.25) is 0 Å². The maximum atomic E-state index is 3.96. The van der Waals surface area contributed by atoms with Gasteiger partial charge in [-0.2, -0.15) is 0 Å². The molecule has 2 nitrogen and oxygen atoms in total. The SMILES string of the molecule is c1ccc(CNC(c2ccccc2)(c2ccccc2)[C@@H]2CCCN2)cc1. The Morgan fingerprint density at radius 1 is 0.769 bits per heavy atom. The molecule has 0 unspecified atom stereocenters. The molecule has 2 heteroatoms. The minimum atomic E-state index is -0.241. The molecule has 3 aromatic rings. The number of nitrogens with one attached hydrogen (secondary N) is 2. The van der Waals surface area contributed by atoms with E-state index in [4.69, 9.17) is 0 Å². The van der Waals surface area contributed by atoms with Crippen LogP contribution in [0.25, 0.3) is 0 Å². The van der Waals surface area contributed by atoms with Gasteiger partial charge < -0.3 is 5.32 Å². The van der Waals surface area contributed by atoms with Crippen molar-refractivity contribution in [1.82, 2.24) is 10.6 Å². The molecule has 1 heterocycles. The van der Waals surface area contributed by atoms with Crippen molar-refractivity contribution in [3.8, 4) is 0 Å². The topological polar surface area (TPSA) is 24.1 Å². The van der Waals surface area contributed by atoms with Gasteiger partial charge in [-0.1, -0.05) is 91.0 Å². The van der Waals surface area contributed by atoms with Crippen molar-refractivity contribution in [2.45, 2.75) is 31.0 Å². The lowest BCUT2D eigenvalue weighted by atomic mass is 9.76. The fourth-order valence-corrected chi connectivity index (χ4v) is 4.19. The summed E-state index contributed by atoms with van der Waals surface area (Å²) in [5.41, 5.74) is 3.71. The predicted octanol–water partition coefficient (Wildman–Crippen LogP) is 4.47. The van der Waals surface area contributed by atoms with E-state index in [1.54, 1.807) is 0 Å². The second-order valence-corrected chi connectivity index (χ2v) is 7.03. The van der Waals surface area contributed by atoms with E-state index in [1.807, 2.05) is 0 Å². The fourth-order valence-electron chi connectivity index (χ4n) is 4.19. The first-order valence-electron chi connectivity index (χ1n) is 9.53. The summed E-state index contributed by atoms with van der Waals surface area (Å²) in [6.45, 7) is 1.92. The van der Waals surface area contributed by atoms with Crippen molar-refractivity contribution in [1.29, 1.82) is 0 Å². The molecule has 132 valence electrons. The van der Waals surface area contributed by atoms with Gasteiger partial charge in [0.05, 0.1) is 5.54 Å². The maximum Gasteiger partial charge on any atom is 0.0848 e. The van der Waals surface area contributed by atoms with Gasteiger partial charge in [0, 0.05) is 12.6 Å². The highest BCUT2D eigenvalue weighted by Crippen LogP contribution is 2.37. The van der Waals surface area contributed by atoms with Gasteiger partial charge in [0.25, 0.3) is 0 Å². The minimum Gasteiger partial charge on any atom is -0.311 e. The Balaban J connectivity index is 1.80. The molecule has 1 aliphatic heterocycles. The molecule has 2 N–H and O–H groups in total. The van der Waals surface area contributed by atoms with Crippen LogP contribution < -0.4 is 10.6 Å². The lowest BCUT2D eigenvalue weighted by Crippen LogP contribution is -2.55. The molecule has 0 spiro atoms. The van der Waals surface area contributed by atoms with Crippen LogP contribution in [0.5, 0.6) is 0 Å². The highest BCUT2D eigenvalue weighted by Gasteiger charge is 2.42. The van der Waals surface area contributed by atoms with Crippen LogP contribution in [-0.2, 0) is 12.1 Å². The van der Waals surface area contributed by atoms with Gasteiger partial charge >= 0.3 is 0 Å². The molecule has 3 aromatic carbocycles. The average Bonchev–Trinajstić information content (AvgIpc) is 3.26. The minimum absolute atomic E-state index is 0.241.